The molecule has 158 valence electrons. The first kappa shape index (κ1) is 21.5. The molecule has 1 aliphatic carbocycles. The molecule has 30 heavy (non-hydrogen) atoms. The van der Waals surface area contributed by atoms with E-state index in [1.165, 1.54) is 23.2 Å². The van der Waals surface area contributed by atoms with Gasteiger partial charge in [-0.15, -0.1) is 0 Å². The summed E-state index contributed by atoms with van der Waals surface area (Å²) in [5, 5.41) is 9.56. The van der Waals surface area contributed by atoms with Crippen molar-refractivity contribution in [3.63, 3.8) is 0 Å². The molecule has 0 saturated heterocycles. The summed E-state index contributed by atoms with van der Waals surface area (Å²) in [5.74, 6) is -0.454. The van der Waals surface area contributed by atoms with E-state index in [1.807, 2.05) is 0 Å². The number of oxazole rings is 1. The number of esters is 1. The van der Waals surface area contributed by atoms with Crippen LogP contribution in [0.4, 0.5) is 4.39 Å². The van der Waals surface area contributed by atoms with E-state index < -0.39 is 18.1 Å². The Morgan fingerprint density at radius 2 is 1.97 bits per heavy atom. The van der Waals surface area contributed by atoms with Crippen LogP contribution < -0.4 is 0 Å². The lowest BCUT2D eigenvalue weighted by molar-refractivity contribution is -0.153. The highest BCUT2D eigenvalue weighted by Crippen LogP contribution is 2.32. The van der Waals surface area contributed by atoms with Crippen molar-refractivity contribution in [3.8, 4) is 17.4 Å². The van der Waals surface area contributed by atoms with Gasteiger partial charge in [-0.05, 0) is 37.1 Å². The zero-order valence-electron chi connectivity index (χ0n) is 16.9. The second kappa shape index (κ2) is 9.53. The Bertz CT molecular complexity index is 927. The van der Waals surface area contributed by atoms with Crippen molar-refractivity contribution in [1.29, 1.82) is 5.26 Å². The van der Waals surface area contributed by atoms with Crippen molar-refractivity contribution >= 4 is 11.9 Å². The van der Waals surface area contributed by atoms with E-state index in [0.717, 1.165) is 19.3 Å². The molecule has 0 atom stereocenters. The normalized spacial score (nSPS) is 15.2. The largest absolute Gasteiger partial charge is 0.456 e. The number of nitriles is 1. The van der Waals surface area contributed by atoms with E-state index in [1.54, 1.807) is 19.2 Å². The Labute approximate surface area is 174 Å². The maximum atomic E-state index is 13.0. The third-order valence-corrected chi connectivity index (χ3v) is 5.49. The molecule has 8 heteroatoms. The van der Waals surface area contributed by atoms with Crippen LogP contribution in [0.1, 0.15) is 44.4 Å². The first-order chi connectivity index (χ1) is 14.4. The predicted molar refractivity (Wildman–Crippen MR) is 105 cm³/mol. The fourth-order valence-corrected chi connectivity index (χ4v) is 3.59. The SMILES string of the molecule is CN(C(=O)COC(=O)CCc1ncc(-c2ccc(F)cc2)o1)C1(C#N)CCCCC1. The molecule has 1 saturated carbocycles. The summed E-state index contributed by atoms with van der Waals surface area (Å²) < 4.78 is 23.7. The van der Waals surface area contributed by atoms with Gasteiger partial charge in [0, 0.05) is 19.0 Å². The number of ether oxygens (including phenoxy) is 1. The molecular formula is C22H24FN3O4. The molecule has 7 nitrogen and oxygen atoms in total. The molecule has 1 aromatic carbocycles. The standard InChI is InChI=1S/C22H24FN3O4/c1-26(22(15-24)11-3-2-4-12-22)20(27)14-29-21(28)10-9-19-25-13-18(30-19)16-5-7-17(23)8-6-16/h5-8,13H,2-4,9-12,14H2,1H3. The number of carbonyl (C=O) groups is 2. The van der Waals surface area contributed by atoms with E-state index in [4.69, 9.17) is 9.15 Å². The number of benzene rings is 1. The quantitative estimate of drug-likeness (QED) is 0.643. The number of nitrogens with zero attached hydrogens (tertiary/aromatic N) is 3. The van der Waals surface area contributed by atoms with Gasteiger partial charge >= 0.3 is 5.97 Å². The van der Waals surface area contributed by atoms with Crippen molar-refractivity contribution in [3.05, 3.63) is 42.2 Å². The highest BCUT2D eigenvalue weighted by Gasteiger charge is 2.38. The van der Waals surface area contributed by atoms with Crippen LogP contribution in [0.2, 0.25) is 0 Å². The zero-order chi connectivity index (χ0) is 21.6. The first-order valence-electron chi connectivity index (χ1n) is 9.98. The summed E-state index contributed by atoms with van der Waals surface area (Å²) >= 11 is 0. The van der Waals surface area contributed by atoms with Gasteiger partial charge in [-0.1, -0.05) is 19.3 Å². The molecule has 3 rings (SSSR count). The molecule has 1 fully saturated rings. The topological polar surface area (TPSA) is 96.4 Å². The predicted octanol–water partition coefficient (Wildman–Crippen LogP) is 3.64. The number of hydrogen-bond acceptors (Lipinski definition) is 6. The van der Waals surface area contributed by atoms with E-state index in [0.29, 0.717) is 30.1 Å². The van der Waals surface area contributed by atoms with Gasteiger partial charge in [0.15, 0.2) is 18.3 Å². The average Bonchev–Trinajstić information content (AvgIpc) is 3.25. The van der Waals surface area contributed by atoms with Crippen LogP contribution in [0.5, 0.6) is 0 Å². The van der Waals surface area contributed by atoms with Gasteiger partial charge in [0.05, 0.1) is 18.7 Å². The van der Waals surface area contributed by atoms with Crippen LogP contribution in [-0.2, 0) is 20.7 Å². The second-order valence-electron chi connectivity index (χ2n) is 7.44. The van der Waals surface area contributed by atoms with Crippen LogP contribution in [0.25, 0.3) is 11.3 Å². The van der Waals surface area contributed by atoms with Gasteiger partial charge < -0.3 is 14.1 Å². The number of aryl methyl sites for hydroxylation is 1. The van der Waals surface area contributed by atoms with Crippen molar-refractivity contribution in [2.24, 2.45) is 0 Å². The van der Waals surface area contributed by atoms with E-state index in [9.17, 15) is 19.2 Å². The number of hydrogen-bond donors (Lipinski definition) is 0. The molecule has 1 amide bonds. The molecule has 0 spiro atoms. The summed E-state index contributed by atoms with van der Waals surface area (Å²) in [5.41, 5.74) is -0.128. The molecule has 0 unspecified atom stereocenters. The minimum atomic E-state index is -0.809. The fourth-order valence-electron chi connectivity index (χ4n) is 3.59. The summed E-state index contributed by atoms with van der Waals surface area (Å²) in [4.78, 5) is 30.0. The summed E-state index contributed by atoms with van der Waals surface area (Å²) in [7, 11) is 1.59. The number of amides is 1. The van der Waals surface area contributed by atoms with Gasteiger partial charge in [0.25, 0.3) is 5.91 Å². The number of rotatable bonds is 7. The molecule has 1 aromatic heterocycles. The van der Waals surface area contributed by atoms with Crippen molar-refractivity contribution in [2.45, 2.75) is 50.5 Å². The molecule has 1 aliphatic rings. The lowest BCUT2D eigenvalue weighted by Crippen LogP contribution is -2.51. The Hall–Kier alpha value is -3.21. The van der Waals surface area contributed by atoms with E-state index in [2.05, 4.69) is 11.1 Å². The Morgan fingerprint density at radius 3 is 2.63 bits per heavy atom. The minimum absolute atomic E-state index is 0.00373. The van der Waals surface area contributed by atoms with E-state index >= 15 is 0 Å². The number of carbonyl (C=O) groups excluding carboxylic acids is 2. The van der Waals surface area contributed by atoms with Crippen LogP contribution >= 0.6 is 0 Å². The fraction of sp³-hybridized carbons (Fsp3) is 0.455. The van der Waals surface area contributed by atoms with Gasteiger partial charge in [-0.3, -0.25) is 9.59 Å². The molecule has 0 N–H and O–H groups in total. The number of likely N-dealkylation sites (N-methyl/N-ethyl adjacent to an activating group) is 1. The maximum absolute atomic E-state index is 13.0. The third-order valence-electron chi connectivity index (χ3n) is 5.49. The minimum Gasteiger partial charge on any atom is -0.456 e. The molecule has 0 bridgehead atoms. The Balaban J connectivity index is 1.46. The smallest absolute Gasteiger partial charge is 0.306 e. The van der Waals surface area contributed by atoms with Crippen molar-refractivity contribution in [1.82, 2.24) is 9.88 Å². The first-order valence-corrected chi connectivity index (χ1v) is 9.98. The van der Waals surface area contributed by atoms with E-state index in [-0.39, 0.29) is 24.6 Å². The van der Waals surface area contributed by atoms with Crippen LogP contribution in [0.3, 0.4) is 0 Å². The Kier molecular flexibility index (Phi) is 6.83. The third kappa shape index (κ3) is 5.03. The monoisotopic (exact) mass is 413 g/mol. The molecule has 2 aromatic rings. The average molecular weight is 413 g/mol. The van der Waals surface area contributed by atoms with Gasteiger partial charge in [0.2, 0.25) is 0 Å². The number of aromatic nitrogens is 1. The van der Waals surface area contributed by atoms with Crippen molar-refractivity contribution in [2.75, 3.05) is 13.7 Å². The van der Waals surface area contributed by atoms with Crippen LogP contribution in [0, 0.1) is 17.1 Å². The molecule has 0 aliphatic heterocycles. The summed E-state index contributed by atoms with van der Waals surface area (Å²) in [6.45, 7) is -0.398. The molecule has 0 radical (unpaired) electrons. The highest BCUT2D eigenvalue weighted by molar-refractivity contribution is 5.81. The lowest BCUT2D eigenvalue weighted by atomic mass is 9.81. The van der Waals surface area contributed by atoms with Gasteiger partial charge in [0.1, 0.15) is 11.4 Å². The van der Waals surface area contributed by atoms with Crippen molar-refractivity contribution < 1.29 is 23.1 Å². The van der Waals surface area contributed by atoms with Crippen LogP contribution in [0.15, 0.2) is 34.9 Å². The molecule has 1 heterocycles. The summed E-state index contributed by atoms with van der Waals surface area (Å²) in [6.07, 6.45) is 5.88. The Morgan fingerprint density at radius 1 is 1.27 bits per heavy atom. The van der Waals surface area contributed by atoms with Crippen LogP contribution in [-0.4, -0.2) is 41.0 Å². The van der Waals surface area contributed by atoms with Gasteiger partial charge in [-0.2, -0.15) is 5.26 Å². The maximum Gasteiger partial charge on any atom is 0.306 e. The second-order valence-corrected chi connectivity index (χ2v) is 7.44. The lowest BCUT2D eigenvalue weighted by Gasteiger charge is -2.38. The zero-order valence-corrected chi connectivity index (χ0v) is 16.9. The highest BCUT2D eigenvalue weighted by atomic mass is 19.1. The van der Waals surface area contributed by atoms with Gasteiger partial charge in [-0.25, -0.2) is 9.37 Å². The molecular weight excluding hydrogens is 389 g/mol. The number of halogens is 1. The summed E-state index contributed by atoms with van der Waals surface area (Å²) in [6, 6.07) is 8.09.